The molecule has 186 valence electrons. The normalized spacial score (nSPS) is 14.2. The highest BCUT2D eigenvalue weighted by atomic mass is 32.1. The fraction of sp³-hybridized carbons (Fsp3) is 0.810. The summed E-state index contributed by atoms with van der Waals surface area (Å²) in [4.78, 5) is 49.9. The van der Waals surface area contributed by atoms with E-state index in [-0.39, 0.29) is 18.3 Å². The zero-order chi connectivity index (χ0) is 24.9. The van der Waals surface area contributed by atoms with Gasteiger partial charge in [-0.3, -0.25) is 9.59 Å². The molecule has 3 amide bonds. The molecule has 0 aromatic rings. The molecule has 0 spiro atoms. The van der Waals surface area contributed by atoms with Crippen LogP contribution < -0.4 is 21.7 Å². The lowest BCUT2D eigenvalue weighted by Crippen LogP contribution is -2.58. The van der Waals surface area contributed by atoms with Gasteiger partial charge in [0.1, 0.15) is 23.7 Å². The fourth-order valence-corrected chi connectivity index (χ4v) is 2.92. The number of nitrogens with one attached hydrogen (secondary N) is 3. The first kappa shape index (κ1) is 30.0. The van der Waals surface area contributed by atoms with Gasteiger partial charge in [0.25, 0.3) is 0 Å². The second-order valence-corrected chi connectivity index (χ2v) is 9.07. The van der Waals surface area contributed by atoms with Crippen LogP contribution in [-0.2, 0) is 23.9 Å². The molecular formula is C21H40N4O6S. The van der Waals surface area contributed by atoms with Gasteiger partial charge < -0.3 is 31.2 Å². The van der Waals surface area contributed by atoms with Gasteiger partial charge in [0.05, 0.1) is 6.61 Å². The first-order valence-corrected chi connectivity index (χ1v) is 11.6. The van der Waals surface area contributed by atoms with Crippen LogP contribution >= 0.6 is 12.6 Å². The van der Waals surface area contributed by atoms with Crippen LogP contribution in [0.25, 0.3) is 0 Å². The number of alkyl carbamates (subject to hydrolysis) is 1. The SMILES string of the molecule is CCOC(=O)[C@H](CS)NC(=O)[C@@H](NC(=O)[C@H](CCCCN)NC(=O)OC(C)(C)C)C(C)C. The van der Waals surface area contributed by atoms with Crippen LogP contribution in [0.4, 0.5) is 4.79 Å². The molecule has 0 saturated heterocycles. The Bertz CT molecular complexity index is 624. The molecule has 0 aromatic heterocycles. The van der Waals surface area contributed by atoms with Crippen molar-refractivity contribution in [2.75, 3.05) is 18.9 Å². The molecule has 32 heavy (non-hydrogen) atoms. The van der Waals surface area contributed by atoms with Gasteiger partial charge in [-0.15, -0.1) is 0 Å². The van der Waals surface area contributed by atoms with Crippen molar-refractivity contribution in [2.45, 2.75) is 84.5 Å². The number of amides is 3. The van der Waals surface area contributed by atoms with Gasteiger partial charge in [0.2, 0.25) is 11.8 Å². The Balaban J connectivity index is 5.34. The molecule has 0 fully saturated rings. The van der Waals surface area contributed by atoms with Crippen LogP contribution in [-0.4, -0.2) is 66.5 Å². The molecule has 0 aliphatic rings. The van der Waals surface area contributed by atoms with Crippen molar-refractivity contribution in [3.8, 4) is 0 Å². The summed E-state index contributed by atoms with van der Waals surface area (Å²) in [6.45, 7) is 11.0. The monoisotopic (exact) mass is 476 g/mol. The maximum atomic E-state index is 13.0. The number of hydrogen-bond acceptors (Lipinski definition) is 8. The van der Waals surface area contributed by atoms with E-state index >= 15 is 0 Å². The van der Waals surface area contributed by atoms with Gasteiger partial charge >= 0.3 is 12.1 Å². The minimum Gasteiger partial charge on any atom is -0.464 e. The highest BCUT2D eigenvalue weighted by Gasteiger charge is 2.32. The molecule has 0 unspecified atom stereocenters. The Labute approximate surface area is 196 Å². The van der Waals surface area contributed by atoms with E-state index in [2.05, 4.69) is 28.6 Å². The number of ether oxygens (including phenoxy) is 2. The number of thiol groups is 1. The van der Waals surface area contributed by atoms with E-state index < -0.39 is 47.6 Å². The van der Waals surface area contributed by atoms with E-state index in [4.69, 9.17) is 15.2 Å². The Morgan fingerprint density at radius 1 is 0.969 bits per heavy atom. The predicted octanol–water partition coefficient (Wildman–Crippen LogP) is 1.13. The Kier molecular flexibility index (Phi) is 14.0. The van der Waals surface area contributed by atoms with E-state index in [0.29, 0.717) is 25.8 Å². The number of nitrogens with two attached hydrogens (primary N) is 1. The smallest absolute Gasteiger partial charge is 0.408 e. The number of rotatable bonds is 13. The third-order valence-electron chi connectivity index (χ3n) is 4.27. The second-order valence-electron chi connectivity index (χ2n) is 8.71. The summed E-state index contributed by atoms with van der Waals surface area (Å²) in [5.41, 5.74) is 4.81. The van der Waals surface area contributed by atoms with Crippen molar-refractivity contribution in [1.29, 1.82) is 0 Å². The molecule has 0 aliphatic carbocycles. The van der Waals surface area contributed by atoms with Crippen LogP contribution in [0.5, 0.6) is 0 Å². The molecule has 0 radical (unpaired) electrons. The maximum Gasteiger partial charge on any atom is 0.408 e. The van der Waals surface area contributed by atoms with Crippen LogP contribution in [0.2, 0.25) is 0 Å². The first-order valence-electron chi connectivity index (χ1n) is 10.9. The highest BCUT2D eigenvalue weighted by Crippen LogP contribution is 2.10. The number of carbonyl (C=O) groups excluding carboxylic acids is 4. The predicted molar refractivity (Wildman–Crippen MR) is 125 cm³/mol. The summed E-state index contributed by atoms with van der Waals surface area (Å²) >= 11 is 4.09. The van der Waals surface area contributed by atoms with Crippen molar-refractivity contribution in [3.05, 3.63) is 0 Å². The third kappa shape index (κ3) is 12.1. The molecule has 0 rings (SSSR count). The molecule has 0 saturated carbocycles. The molecule has 3 atom stereocenters. The topological polar surface area (TPSA) is 149 Å². The minimum atomic E-state index is -0.941. The van der Waals surface area contributed by atoms with E-state index in [1.54, 1.807) is 41.5 Å². The highest BCUT2D eigenvalue weighted by molar-refractivity contribution is 7.80. The average Bonchev–Trinajstić information content (AvgIpc) is 2.67. The van der Waals surface area contributed by atoms with Gasteiger partial charge in [-0.25, -0.2) is 9.59 Å². The van der Waals surface area contributed by atoms with Gasteiger partial charge in [-0.1, -0.05) is 13.8 Å². The lowest BCUT2D eigenvalue weighted by Gasteiger charge is -2.27. The number of hydrogen-bond donors (Lipinski definition) is 5. The van der Waals surface area contributed by atoms with Crippen LogP contribution in [0.15, 0.2) is 0 Å². The lowest BCUT2D eigenvalue weighted by atomic mass is 10.0. The zero-order valence-electron chi connectivity index (χ0n) is 20.0. The van der Waals surface area contributed by atoms with Crippen molar-refractivity contribution >= 4 is 36.5 Å². The molecule has 5 N–H and O–H groups in total. The molecular weight excluding hydrogens is 436 g/mol. The Hall–Kier alpha value is -2.01. The van der Waals surface area contributed by atoms with E-state index in [0.717, 1.165) is 0 Å². The summed E-state index contributed by atoms with van der Waals surface area (Å²) in [7, 11) is 0. The van der Waals surface area contributed by atoms with E-state index in [9.17, 15) is 19.2 Å². The van der Waals surface area contributed by atoms with Crippen molar-refractivity contribution < 1.29 is 28.7 Å². The summed E-state index contributed by atoms with van der Waals surface area (Å²) in [5, 5.41) is 7.82. The Morgan fingerprint density at radius 3 is 2.06 bits per heavy atom. The largest absolute Gasteiger partial charge is 0.464 e. The van der Waals surface area contributed by atoms with Gasteiger partial charge in [-0.05, 0) is 59.4 Å². The van der Waals surface area contributed by atoms with Crippen LogP contribution in [0, 0.1) is 5.92 Å². The van der Waals surface area contributed by atoms with Crippen LogP contribution in [0.1, 0.15) is 60.8 Å². The fourth-order valence-electron chi connectivity index (χ4n) is 2.68. The second kappa shape index (κ2) is 14.9. The zero-order valence-corrected chi connectivity index (χ0v) is 20.9. The van der Waals surface area contributed by atoms with Crippen LogP contribution in [0.3, 0.4) is 0 Å². The number of unbranched alkanes of at least 4 members (excludes halogenated alkanes) is 1. The number of carbonyl (C=O) groups is 4. The van der Waals surface area contributed by atoms with Gasteiger partial charge in [0.15, 0.2) is 0 Å². The van der Waals surface area contributed by atoms with Crippen molar-refractivity contribution in [3.63, 3.8) is 0 Å². The molecule has 0 aliphatic heterocycles. The first-order chi connectivity index (χ1) is 14.9. The molecule has 0 heterocycles. The summed E-state index contributed by atoms with van der Waals surface area (Å²) in [6, 6.07) is -2.78. The van der Waals surface area contributed by atoms with Gasteiger partial charge in [-0.2, -0.15) is 12.6 Å². The summed E-state index contributed by atoms with van der Waals surface area (Å²) in [6.07, 6.45) is 0.884. The third-order valence-corrected chi connectivity index (χ3v) is 4.64. The average molecular weight is 477 g/mol. The quantitative estimate of drug-likeness (QED) is 0.152. The molecule has 10 nitrogen and oxygen atoms in total. The van der Waals surface area contributed by atoms with Gasteiger partial charge in [0, 0.05) is 5.75 Å². The Morgan fingerprint density at radius 2 is 1.59 bits per heavy atom. The van der Waals surface area contributed by atoms with Crippen molar-refractivity contribution in [2.24, 2.45) is 11.7 Å². The standard InChI is InChI=1S/C21H40N4O6S/c1-7-30-19(28)15(12-32)23-18(27)16(13(2)3)25-17(26)14(10-8-9-11-22)24-20(29)31-21(4,5)6/h13-16,32H,7-12,22H2,1-6H3,(H,23,27)(H,24,29)(H,25,26)/t14-,15-,16-/m0/s1. The summed E-state index contributed by atoms with van der Waals surface area (Å²) in [5.74, 6) is -1.91. The van der Waals surface area contributed by atoms with E-state index in [1.807, 2.05) is 0 Å². The molecule has 0 bridgehead atoms. The summed E-state index contributed by atoms with van der Waals surface area (Å²) < 4.78 is 10.2. The maximum absolute atomic E-state index is 13.0. The number of esters is 1. The molecule has 11 heteroatoms. The lowest BCUT2D eigenvalue weighted by molar-refractivity contribution is -0.147. The molecule has 0 aromatic carbocycles. The van der Waals surface area contributed by atoms with E-state index in [1.165, 1.54) is 0 Å². The minimum absolute atomic E-state index is 0.0469. The van der Waals surface area contributed by atoms with Crippen molar-refractivity contribution in [1.82, 2.24) is 16.0 Å².